The molecule has 158 valence electrons. The van der Waals surface area contributed by atoms with Gasteiger partial charge in [-0.2, -0.15) is 10.2 Å². The van der Waals surface area contributed by atoms with Gasteiger partial charge in [0.05, 0.1) is 11.9 Å². The number of aromatic nitrogens is 4. The quantitative estimate of drug-likeness (QED) is 0.608. The van der Waals surface area contributed by atoms with Gasteiger partial charge < -0.3 is 15.7 Å². The third-order valence-corrected chi connectivity index (χ3v) is 5.25. The van der Waals surface area contributed by atoms with Gasteiger partial charge in [-0.05, 0) is 25.1 Å². The van der Waals surface area contributed by atoms with Crippen LogP contribution in [0.1, 0.15) is 29.4 Å². The van der Waals surface area contributed by atoms with Crippen LogP contribution in [0.3, 0.4) is 0 Å². The second-order valence-corrected chi connectivity index (χ2v) is 7.42. The largest absolute Gasteiger partial charge is 0.369 e. The van der Waals surface area contributed by atoms with Crippen molar-refractivity contribution in [2.75, 3.05) is 13.6 Å². The van der Waals surface area contributed by atoms with Crippen molar-refractivity contribution in [2.45, 2.75) is 25.5 Å². The van der Waals surface area contributed by atoms with Crippen LogP contribution in [0.5, 0.6) is 0 Å². The van der Waals surface area contributed by atoms with Gasteiger partial charge in [-0.3, -0.25) is 14.3 Å². The van der Waals surface area contributed by atoms with Crippen LogP contribution in [0.25, 0.3) is 16.8 Å². The Balaban J connectivity index is 1.69. The molecule has 3 N–H and O–H groups in total. The first-order chi connectivity index (χ1) is 14.8. The van der Waals surface area contributed by atoms with Crippen LogP contribution in [0.2, 0.25) is 0 Å². The van der Waals surface area contributed by atoms with Crippen molar-refractivity contribution < 1.29 is 14.7 Å². The zero-order valence-electron chi connectivity index (χ0n) is 17.2. The first kappa shape index (κ1) is 20.4. The molecule has 1 saturated heterocycles. The van der Waals surface area contributed by atoms with Crippen molar-refractivity contribution in [1.82, 2.24) is 24.5 Å². The SMILES string of the molecule is CCn1cc(-c2cn(-c3cccc(C#C[C@]4(O)CCN(C)C4=O)c3)nc2C(N)=O)cn1. The molecule has 3 heterocycles. The van der Waals surface area contributed by atoms with Gasteiger partial charge >= 0.3 is 0 Å². The fourth-order valence-electron chi connectivity index (χ4n) is 3.45. The van der Waals surface area contributed by atoms with Crippen molar-refractivity contribution >= 4 is 11.8 Å². The smallest absolute Gasteiger partial charge is 0.269 e. The molecule has 1 aromatic carbocycles. The minimum Gasteiger partial charge on any atom is -0.369 e. The van der Waals surface area contributed by atoms with Crippen molar-refractivity contribution in [3.63, 3.8) is 0 Å². The molecule has 4 rings (SSSR count). The number of aryl methyl sites for hydroxylation is 1. The Hall–Kier alpha value is -3.90. The molecule has 1 fully saturated rings. The molecule has 0 spiro atoms. The van der Waals surface area contributed by atoms with E-state index in [2.05, 4.69) is 22.0 Å². The van der Waals surface area contributed by atoms with Gasteiger partial charge in [-0.1, -0.05) is 17.9 Å². The number of aliphatic hydroxyl groups is 1. The predicted molar refractivity (Wildman–Crippen MR) is 113 cm³/mol. The van der Waals surface area contributed by atoms with E-state index in [0.717, 1.165) is 5.56 Å². The van der Waals surface area contributed by atoms with Gasteiger partial charge in [0.1, 0.15) is 0 Å². The van der Waals surface area contributed by atoms with Crippen LogP contribution < -0.4 is 5.73 Å². The van der Waals surface area contributed by atoms with Crippen molar-refractivity contribution in [3.05, 3.63) is 54.1 Å². The van der Waals surface area contributed by atoms with Crippen LogP contribution in [0.4, 0.5) is 0 Å². The number of benzene rings is 1. The van der Waals surface area contributed by atoms with E-state index in [0.29, 0.717) is 29.9 Å². The highest BCUT2D eigenvalue weighted by Gasteiger charge is 2.42. The molecule has 3 aromatic rings. The molecule has 0 radical (unpaired) electrons. The fourth-order valence-corrected chi connectivity index (χ4v) is 3.45. The van der Waals surface area contributed by atoms with E-state index < -0.39 is 17.4 Å². The molecule has 9 nitrogen and oxygen atoms in total. The van der Waals surface area contributed by atoms with Gasteiger partial charge in [0.15, 0.2) is 5.69 Å². The first-order valence-corrected chi connectivity index (χ1v) is 9.84. The molecule has 31 heavy (non-hydrogen) atoms. The van der Waals surface area contributed by atoms with Crippen molar-refractivity contribution in [2.24, 2.45) is 5.73 Å². The Bertz CT molecular complexity index is 1230. The zero-order chi connectivity index (χ0) is 22.2. The van der Waals surface area contributed by atoms with Crippen LogP contribution in [0, 0.1) is 11.8 Å². The maximum atomic E-state index is 12.1. The molecule has 0 saturated carbocycles. The van der Waals surface area contributed by atoms with Crippen molar-refractivity contribution in [3.8, 4) is 28.7 Å². The molecular weight excluding hydrogens is 396 g/mol. The number of likely N-dealkylation sites (tertiary alicyclic amines) is 1. The Morgan fingerprint density at radius 3 is 2.81 bits per heavy atom. The summed E-state index contributed by atoms with van der Waals surface area (Å²) in [4.78, 5) is 25.5. The van der Waals surface area contributed by atoms with E-state index in [-0.39, 0.29) is 12.1 Å². The van der Waals surface area contributed by atoms with Gasteiger partial charge in [-0.15, -0.1) is 0 Å². The summed E-state index contributed by atoms with van der Waals surface area (Å²) in [6.07, 6.45) is 5.47. The van der Waals surface area contributed by atoms with E-state index in [1.54, 1.807) is 47.0 Å². The summed E-state index contributed by atoms with van der Waals surface area (Å²) in [6, 6.07) is 7.13. The number of carbonyl (C=O) groups excluding carboxylic acids is 2. The fraction of sp³-hybridized carbons (Fsp3) is 0.273. The number of hydrogen-bond acceptors (Lipinski definition) is 5. The third-order valence-electron chi connectivity index (χ3n) is 5.25. The molecule has 0 unspecified atom stereocenters. The zero-order valence-corrected chi connectivity index (χ0v) is 17.2. The molecule has 1 atom stereocenters. The molecule has 1 aliphatic rings. The number of likely N-dealkylation sites (N-methyl/N-ethyl adjacent to an activating group) is 1. The van der Waals surface area contributed by atoms with Crippen LogP contribution >= 0.6 is 0 Å². The highest BCUT2D eigenvalue weighted by Crippen LogP contribution is 2.25. The lowest BCUT2D eigenvalue weighted by Gasteiger charge is -2.13. The average Bonchev–Trinajstić information content (AvgIpc) is 3.47. The Kier molecular flexibility index (Phi) is 5.09. The Morgan fingerprint density at radius 2 is 2.16 bits per heavy atom. The number of primary amides is 1. The number of amides is 2. The topological polar surface area (TPSA) is 119 Å². The van der Waals surface area contributed by atoms with Crippen LogP contribution in [-0.2, 0) is 11.3 Å². The normalized spacial score (nSPS) is 18.2. The summed E-state index contributed by atoms with van der Waals surface area (Å²) >= 11 is 0. The standard InChI is InChI=1S/C22H22N6O3/c1-3-27-13-16(12-24-27)18-14-28(25-19(18)20(23)29)17-6-4-5-15(11-17)7-8-22(31)9-10-26(2)21(22)30/h4-6,11-14,31H,3,9-10H2,1-2H3,(H2,23,29)/t22-/m0/s1. The molecular formula is C22H22N6O3. The number of carbonyl (C=O) groups is 2. The van der Waals surface area contributed by atoms with Crippen molar-refractivity contribution in [1.29, 1.82) is 0 Å². The van der Waals surface area contributed by atoms with Gasteiger partial charge in [-0.25, -0.2) is 4.68 Å². The van der Waals surface area contributed by atoms with E-state index in [1.807, 2.05) is 19.2 Å². The van der Waals surface area contributed by atoms with Gasteiger partial charge in [0.2, 0.25) is 5.60 Å². The highest BCUT2D eigenvalue weighted by atomic mass is 16.3. The summed E-state index contributed by atoms with van der Waals surface area (Å²) < 4.78 is 3.30. The third kappa shape index (κ3) is 3.81. The average molecular weight is 418 g/mol. The summed E-state index contributed by atoms with van der Waals surface area (Å²) in [7, 11) is 1.64. The first-order valence-electron chi connectivity index (χ1n) is 9.84. The number of hydrogen-bond donors (Lipinski definition) is 2. The molecule has 0 aliphatic carbocycles. The highest BCUT2D eigenvalue weighted by molar-refractivity contribution is 5.97. The monoisotopic (exact) mass is 418 g/mol. The summed E-state index contributed by atoms with van der Waals surface area (Å²) in [5, 5.41) is 19.1. The van der Waals surface area contributed by atoms with E-state index in [9.17, 15) is 14.7 Å². The van der Waals surface area contributed by atoms with Gasteiger partial charge in [0, 0.05) is 55.6 Å². The van der Waals surface area contributed by atoms with E-state index in [4.69, 9.17) is 5.73 Å². The minimum absolute atomic E-state index is 0.140. The number of rotatable bonds is 4. The van der Waals surface area contributed by atoms with E-state index in [1.165, 1.54) is 4.90 Å². The second-order valence-electron chi connectivity index (χ2n) is 7.42. The lowest BCUT2D eigenvalue weighted by atomic mass is 10.0. The maximum Gasteiger partial charge on any atom is 0.269 e. The van der Waals surface area contributed by atoms with Crippen LogP contribution in [-0.4, -0.2) is 60.6 Å². The number of nitrogens with zero attached hydrogens (tertiary/aromatic N) is 5. The maximum absolute atomic E-state index is 12.1. The van der Waals surface area contributed by atoms with Gasteiger partial charge in [0.25, 0.3) is 11.8 Å². The van der Waals surface area contributed by atoms with E-state index >= 15 is 0 Å². The Morgan fingerprint density at radius 1 is 1.35 bits per heavy atom. The lowest BCUT2D eigenvalue weighted by molar-refractivity contribution is -0.137. The molecule has 9 heteroatoms. The molecule has 2 aromatic heterocycles. The predicted octanol–water partition coefficient (Wildman–Crippen LogP) is 0.799. The minimum atomic E-state index is -1.66. The second kappa shape index (κ2) is 7.74. The summed E-state index contributed by atoms with van der Waals surface area (Å²) in [5.74, 6) is 4.55. The lowest BCUT2D eigenvalue weighted by Crippen LogP contribution is -2.37. The summed E-state index contributed by atoms with van der Waals surface area (Å²) in [5.41, 5.74) is 6.60. The Labute approximate surface area is 179 Å². The molecule has 0 bridgehead atoms. The van der Waals surface area contributed by atoms with Crippen LogP contribution in [0.15, 0.2) is 42.9 Å². The molecule has 2 amide bonds. The summed E-state index contributed by atoms with van der Waals surface area (Å²) in [6.45, 7) is 3.13. The number of nitrogens with two attached hydrogens (primary N) is 1. The molecule has 1 aliphatic heterocycles.